The van der Waals surface area contributed by atoms with Crippen molar-refractivity contribution in [2.75, 3.05) is 0 Å². The maximum absolute atomic E-state index is 12.3. The summed E-state index contributed by atoms with van der Waals surface area (Å²) >= 11 is 0. The van der Waals surface area contributed by atoms with Crippen LogP contribution >= 0.6 is 0 Å². The average molecular weight is 274 g/mol. The van der Waals surface area contributed by atoms with Gasteiger partial charge in [0.1, 0.15) is 0 Å². The zero-order valence-electron chi connectivity index (χ0n) is 12.2. The first-order chi connectivity index (χ1) is 10.2. The molecule has 0 aliphatic carbocycles. The molecule has 0 atom stereocenters. The van der Waals surface area contributed by atoms with E-state index < -0.39 is 0 Å². The van der Waals surface area contributed by atoms with Crippen LogP contribution in [0.2, 0.25) is 0 Å². The summed E-state index contributed by atoms with van der Waals surface area (Å²) in [5.74, 6) is 0.210. The van der Waals surface area contributed by atoms with Gasteiger partial charge >= 0.3 is 0 Å². The number of fused-ring (bicyclic) bond motifs is 1. The molecule has 0 amide bonds. The summed E-state index contributed by atoms with van der Waals surface area (Å²) in [6, 6.07) is 22.5. The van der Waals surface area contributed by atoms with E-state index in [4.69, 9.17) is 0 Å². The number of aryl methyl sites for hydroxylation is 2. The fourth-order valence-electron chi connectivity index (χ4n) is 2.52. The lowest BCUT2D eigenvalue weighted by Crippen LogP contribution is -2.01. The van der Waals surface area contributed by atoms with E-state index in [1.807, 2.05) is 36.4 Å². The van der Waals surface area contributed by atoms with Gasteiger partial charge in [-0.15, -0.1) is 0 Å². The number of benzene rings is 3. The van der Waals surface area contributed by atoms with E-state index in [0.717, 1.165) is 17.4 Å². The van der Waals surface area contributed by atoms with Crippen LogP contribution in [0.4, 0.5) is 0 Å². The molecule has 3 aromatic rings. The molecule has 0 aliphatic rings. The number of hydrogen-bond donors (Lipinski definition) is 0. The van der Waals surface area contributed by atoms with Crippen molar-refractivity contribution in [2.24, 2.45) is 0 Å². The third-order valence-electron chi connectivity index (χ3n) is 3.83. The molecular weight excluding hydrogens is 256 g/mol. The molecule has 0 bridgehead atoms. The van der Waals surface area contributed by atoms with Crippen molar-refractivity contribution in [2.45, 2.75) is 19.8 Å². The third kappa shape index (κ3) is 3.19. The smallest absolute Gasteiger partial charge is 0.163 e. The van der Waals surface area contributed by atoms with Crippen LogP contribution in [-0.4, -0.2) is 5.78 Å². The van der Waals surface area contributed by atoms with E-state index in [1.165, 1.54) is 16.5 Å². The Kier molecular flexibility index (Phi) is 3.83. The molecule has 0 saturated heterocycles. The van der Waals surface area contributed by atoms with Gasteiger partial charge in [-0.3, -0.25) is 4.79 Å². The molecule has 1 heteroatoms. The quantitative estimate of drug-likeness (QED) is 0.614. The molecule has 0 fully saturated rings. The first-order valence-corrected chi connectivity index (χ1v) is 7.30. The van der Waals surface area contributed by atoms with Crippen LogP contribution in [0.15, 0.2) is 66.7 Å². The minimum absolute atomic E-state index is 0.210. The van der Waals surface area contributed by atoms with E-state index >= 15 is 0 Å². The Labute approximate surface area is 125 Å². The molecule has 0 aliphatic heterocycles. The Bertz CT molecular complexity index is 769. The van der Waals surface area contributed by atoms with Crippen molar-refractivity contribution in [3.8, 4) is 0 Å². The van der Waals surface area contributed by atoms with Crippen LogP contribution in [0, 0.1) is 6.92 Å². The summed E-state index contributed by atoms with van der Waals surface area (Å²) in [6.45, 7) is 2.07. The van der Waals surface area contributed by atoms with Crippen LogP contribution in [0.5, 0.6) is 0 Å². The lowest BCUT2D eigenvalue weighted by molar-refractivity contribution is 0.0983. The second-order valence-electron chi connectivity index (χ2n) is 5.47. The predicted molar refractivity (Wildman–Crippen MR) is 87.8 cm³/mol. The summed E-state index contributed by atoms with van der Waals surface area (Å²) < 4.78 is 0. The number of ketones is 1. The molecular formula is C20H18O. The van der Waals surface area contributed by atoms with Gasteiger partial charge < -0.3 is 0 Å². The minimum atomic E-state index is 0.210. The van der Waals surface area contributed by atoms with E-state index in [-0.39, 0.29) is 5.78 Å². The van der Waals surface area contributed by atoms with Gasteiger partial charge in [0, 0.05) is 12.0 Å². The van der Waals surface area contributed by atoms with Gasteiger partial charge in [0.25, 0.3) is 0 Å². The highest BCUT2D eigenvalue weighted by Crippen LogP contribution is 2.17. The van der Waals surface area contributed by atoms with Gasteiger partial charge in [-0.05, 0) is 35.7 Å². The summed E-state index contributed by atoms with van der Waals surface area (Å²) in [5, 5.41) is 2.30. The second-order valence-corrected chi connectivity index (χ2v) is 5.47. The number of rotatable bonds is 4. The topological polar surface area (TPSA) is 17.1 Å². The molecule has 0 saturated carbocycles. The lowest BCUT2D eigenvalue weighted by Gasteiger charge is -2.04. The van der Waals surface area contributed by atoms with E-state index in [0.29, 0.717) is 6.42 Å². The first kappa shape index (κ1) is 13.6. The van der Waals surface area contributed by atoms with Gasteiger partial charge in [0.15, 0.2) is 5.78 Å². The molecule has 104 valence electrons. The highest BCUT2D eigenvalue weighted by Gasteiger charge is 2.07. The molecule has 0 heterocycles. The minimum Gasteiger partial charge on any atom is -0.294 e. The van der Waals surface area contributed by atoms with Crippen molar-refractivity contribution in [3.05, 3.63) is 83.4 Å². The Morgan fingerprint density at radius 2 is 1.57 bits per heavy atom. The number of hydrogen-bond acceptors (Lipinski definition) is 1. The summed E-state index contributed by atoms with van der Waals surface area (Å²) in [6.07, 6.45) is 1.35. The number of carbonyl (C=O) groups excluding carboxylic acids is 1. The Morgan fingerprint density at radius 1 is 0.857 bits per heavy atom. The highest BCUT2D eigenvalue weighted by atomic mass is 16.1. The molecule has 21 heavy (non-hydrogen) atoms. The Hall–Kier alpha value is -2.41. The molecule has 0 N–H and O–H groups in total. The molecule has 0 aromatic heterocycles. The van der Waals surface area contributed by atoms with Crippen molar-refractivity contribution in [1.82, 2.24) is 0 Å². The van der Waals surface area contributed by atoms with Crippen LogP contribution in [-0.2, 0) is 6.42 Å². The van der Waals surface area contributed by atoms with Crippen LogP contribution in [0.25, 0.3) is 10.8 Å². The average Bonchev–Trinajstić information content (AvgIpc) is 2.53. The second kappa shape index (κ2) is 5.92. The predicted octanol–water partition coefficient (Wildman–Crippen LogP) is 4.96. The zero-order valence-corrected chi connectivity index (χ0v) is 12.2. The van der Waals surface area contributed by atoms with E-state index in [2.05, 4.69) is 37.3 Å². The van der Waals surface area contributed by atoms with Crippen molar-refractivity contribution in [3.63, 3.8) is 0 Å². The third-order valence-corrected chi connectivity index (χ3v) is 3.83. The van der Waals surface area contributed by atoms with Crippen molar-refractivity contribution >= 4 is 16.6 Å². The fraction of sp³-hybridized carbons (Fsp3) is 0.150. The molecule has 0 unspecified atom stereocenters. The van der Waals surface area contributed by atoms with Gasteiger partial charge in [-0.1, -0.05) is 66.2 Å². The molecule has 1 nitrogen and oxygen atoms in total. The summed E-state index contributed by atoms with van der Waals surface area (Å²) in [4.78, 5) is 12.3. The van der Waals surface area contributed by atoms with Crippen LogP contribution in [0.1, 0.15) is 27.9 Å². The first-order valence-electron chi connectivity index (χ1n) is 7.30. The summed E-state index contributed by atoms with van der Waals surface area (Å²) in [7, 11) is 0. The van der Waals surface area contributed by atoms with Gasteiger partial charge in [0.05, 0.1) is 0 Å². The van der Waals surface area contributed by atoms with Gasteiger partial charge in [0.2, 0.25) is 0 Å². The molecule has 0 radical (unpaired) electrons. The van der Waals surface area contributed by atoms with E-state index in [9.17, 15) is 4.79 Å². The SMILES string of the molecule is Cc1ccc(CCC(=O)c2ccc3ccccc3c2)cc1. The lowest BCUT2D eigenvalue weighted by atomic mass is 10.00. The van der Waals surface area contributed by atoms with Gasteiger partial charge in [-0.25, -0.2) is 0 Å². The zero-order chi connectivity index (χ0) is 14.7. The number of carbonyl (C=O) groups is 1. The fourth-order valence-corrected chi connectivity index (χ4v) is 2.52. The Morgan fingerprint density at radius 3 is 2.33 bits per heavy atom. The van der Waals surface area contributed by atoms with Crippen LogP contribution in [0.3, 0.4) is 0 Å². The monoisotopic (exact) mass is 274 g/mol. The highest BCUT2D eigenvalue weighted by molar-refractivity contribution is 6.00. The van der Waals surface area contributed by atoms with Crippen molar-refractivity contribution < 1.29 is 4.79 Å². The van der Waals surface area contributed by atoms with Gasteiger partial charge in [-0.2, -0.15) is 0 Å². The summed E-state index contributed by atoms with van der Waals surface area (Å²) in [5.41, 5.74) is 3.27. The maximum atomic E-state index is 12.3. The Balaban J connectivity index is 1.73. The van der Waals surface area contributed by atoms with Crippen LogP contribution < -0.4 is 0 Å². The standard InChI is InChI=1S/C20H18O/c1-15-6-8-16(9-7-15)10-13-20(21)19-12-11-17-4-2-3-5-18(17)14-19/h2-9,11-12,14H,10,13H2,1H3. The van der Waals surface area contributed by atoms with Crippen molar-refractivity contribution in [1.29, 1.82) is 0 Å². The molecule has 0 spiro atoms. The molecule has 3 aromatic carbocycles. The number of Topliss-reactive ketones (excluding diaryl/α,β-unsaturated/α-hetero) is 1. The maximum Gasteiger partial charge on any atom is 0.163 e. The largest absolute Gasteiger partial charge is 0.294 e. The molecule has 3 rings (SSSR count). The normalized spacial score (nSPS) is 10.7. The van der Waals surface area contributed by atoms with E-state index in [1.54, 1.807) is 0 Å².